The summed E-state index contributed by atoms with van der Waals surface area (Å²) >= 11 is 5.99. The summed E-state index contributed by atoms with van der Waals surface area (Å²) in [5.41, 5.74) is 2.04. The van der Waals surface area contributed by atoms with Gasteiger partial charge in [-0.15, -0.1) is 0 Å². The van der Waals surface area contributed by atoms with E-state index in [0.717, 1.165) is 28.3 Å². The molecule has 0 spiro atoms. The Kier molecular flexibility index (Phi) is 8.15. The van der Waals surface area contributed by atoms with Crippen molar-refractivity contribution in [1.29, 1.82) is 0 Å². The molecule has 1 atom stereocenters. The Morgan fingerprint density at radius 3 is 2.30 bits per heavy atom. The number of hydrogen-bond donors (Lipinski definition) is 1. The van der Waals surface area contributed by atoms with Crippen LogP contribution in [0.25, 0.3) is 0 Å². The number of carbonyl (C=O) groups is 1. The molecular formula is C22H29ClN2O4S. The molecule has 2 rings (SSSR count). The van der Waals surface area contributed by atoms with Gasteiger partial charge < -0.3 is 10.1 Å². The monoisotopic (exact) mass is 452 g/mol. The molecule has 2 aromatic rings. The number of hydrogen-bond acceptors (Lipinski definition) is 4. The van der Waals surface area contributed by atoms with Crippen molar-refractivity contribution in [3.8, 4) is 5.75 Å². The normalized spacial score (nSPS) is 12.5. The highest BCUT2D eigenvalue weighted by Gasteiger charge is 2.24. The Hall–Kier alpha value is -2.25. The number of carbonyl (C=O) groups excluding carboxylic acids is 1. The molecule has 0 saturated carbocycles. The van der Waals surface area contributed by atoms with Crippen LogP contribution in [0.4, 0.5) is 5.69 Å². The molecule has 0 aliphatic carbocycles. The second kappa shape index (κ2) is 10.2. The van der Waals surface area contributed by atoms with E-state index < -0.39 is 10.0 Å². The fourth-order valence-electron chi connectivity index (χ4n) is 3.24. The van der Waals surface area contributed by atoms with E-state index in [-0.39, 0.29) is 18.5 Å². The van der Waals surface area contributed by atoms with Crippen LogP contribution in [-0.4, -0.2) is 34.2 Å². The van der Waals surface area contributed by atoms with E-state index in [2.05, 4.69) is 19.2 Å². The van der Waals surface area contributed by atoms with E-state index in [0.29, 0.717) is 22.2 Å². The van der Waals surface area contributed by atoms with Crippen molar-refractivity contribution in [1.82, 2.24) is 5.32 Å². The number of nitrogens with one attached hydrogen (secondary N) is 1. The minimum Gasteiger partial charge on any atom is -0.497 e. The highest BCUT2D eigenvalue weighted by molar-refractivity contribution is 7.92. The third-order valence-corrected chi connectivity index (χ3v) is 6.04. The Morgan fingerprint density at radius 1 is 1.17 bits per heavy atom. The lowest BCUT2D eigenvalue weighted by Gasteiger charge is -2.26. The van der Waals surface area contributed by atoms with E-state index in [1.165, 1.54) is 0 Å². The summed E-state index contributed by atoms with van der Waals surface area (Å²) in [5, 5.41) is 3.50. The van der Waals surface area contributed by atoms with Crippen molar-refractivity contribution < 1.29 is 17.9 Å². The average Bonchev–Trinajstić information content (AvgIpc) is 2.65. The van der Waals surface area contributed by atoms with Gasteiger partial charge in [-0.3, -0.25) is 9.10 Å². The number of methoxy groups -OCH3 is 1. The smallest absolute Gasteiger partial charge is 0.241 e. The molecule has 8 heteroatoms. The van der Waals surface area contributed by atoms with Crippen LogP contribution in [0.1, 0.15) is 37.4 Å². The van der Waals surface area contributed by atoms with E-state index in [1.54, 1.807) is 32.2 Å². The number of benzene rings is 2. The van der Waals surface area contributed by atoms with Crippen molar-refractivity contribution in [3.63, 3.8) is 0 Å². The van der Waals surface area contributed by atoms with Crippen LogP contribution in [0, 0.1) is 12.8 Å². The number of halogens is 1. The molecule has 0 bridgehead atoms. The molecule has 0 radical (unpaired) electrons. The molecule has 6 nitrogen and oxygen atoms in total. The number of rotatable bonds is 9. The Morgan fingerprint density at radius 2 is 1.80 bits per heavy atom. The van der Waals surface area contributed by atoms with Crippen LogP contribution in [0.2, 0.25) is 5.02 Å². The van der Waals surface area contributed by atoms with E-state index in [1.807, 2.05) is 24.3 Å². The van der Waals surface area contributed by atoms with Crippen molar-refractivity contribution in [2.45, 2.75) is 33.2 Å². The van der Waals surface area contributed by atoms with Crippen molar-refractivity contribution in [3.05, 3.63) is 58.6 Å². The zero-order chi connectivity index (χ0) is 22.5. The molecule has 0 aliphatic rings. The molecule has 0 fully saturated rings. The molecule has 0 aromatic heterocycles. The summed E-state index contributed by atoms with van der Waals surface area (Å²) in [6.07, 6.45) is 1.81. The molecule has 0 unspecified atom stereocenters. The maximum absolute atomic E-state index is 12.9. The van der Waals surface area contributed by atoms with Gasteiger partial charge in [0.25, 0.3) is 0 Å². The third kappa shape index (κ3) is 6.64. The first-order chi connectivity index (χ1) is 14.0. The molecular weight excluding hydrogens is 424 g/mol. The third-order valence-electron chi connectivity index (χ3n) is 4.68. The molecule has 1 N–H and O–H groups in total. The quantitative estimate of drug-likeness (QED) is 0.614. The zero-order valence-electron chi connectivity index (χ0n) is 18.0. The van der Waals surface area contributed by atoms with Crippen LogP contribution in [0.3, 0.4) is 0 Å². The minimum absolute atomic E-state index is 0.240. The van der Waals surface area contributed by atoms with Gasteiger partial charge in [-0.05, 0) is 60.7 Å². The van der Waals surface area contributed by atoms with Gasteiger partial charge in [-0.2, -0.15) is 0 Å². The highest BCUT2D eigenvalue weighted by Crippen LogP contribution is 2.27. The van der Waals surface area contributed by atoms with Crippen molar-refractivity contribution >= 4 is 33.2 Å². The average molecular weight is 453 g/mol. The van der Waals surface area contributed by atoms with Crippen LogP contribution in [0.5, 0.6) is 5.75 Å². The van der Waals surface area contributed by atoms with Gasteiger partial charge in [0.15, 0.2) is 0 Å². The van der Waals surface area contributed by atoms with Gasteiger partial charge in [-0.25, -0.2) is 8.42 Å². The standard InChI is InChI=1S/C22H29ClN2O4S/c1-15(2)12-20(17-6-9-19(29-4)10-7-17)24-22(26)14-25(30(5,27)28)21-11-8-18(23)13-16(21)3/h6-11,13,15,20H,12,14H2,1-5H3,(H,24,26)/t20-/m1/s1. The predicted octanol–water partition coefficient (Wildman–Crippen LogP) is 4.33. The van der Waals surface area contributed by atoms with Crippen LogP contribution >= 0.6 is 11.6 Å². The van der Waals surface area contributed by atoms with Crippen LogP contribution < -0.4 is 14.4 Å². The first-order valence-corrected chi connectivity index (χ1v) is 11.9. The molecule has 0 heterocycles. The Labute approximate surface area is 184 Å². The maximum Gasteiger partial charge on any atom is 0.241 e. The van der Waals surface area contributed by atoms with E-state index in [4.69, 9.17) is 16.3 Å². The Balaban J connectivity index is 2.25. The topological polar surface area (TPSA) is 75.7 Å². The Bertz CT molecular complexity index is 975. The van der Waals surface area contributed by atoms with Crippen LogP contribution in [-0.2, 0) is 14.8 Å². The lowest BCUT2D eigenvalue weighted by atomic mass is 9.97. The number of sulfonamides is 1. The second-order valence-corrected chi connectivity index (χ2v) is 10.1. The molecule has 30 heavy (non-hydrogen) atoms. The number of nitrogens with zero attached hydrogens (tertiary/aromatic N) is 1. The fraction of sp³-hybridized carbons (Fsp3) is 0.409. The summed E-state index contributed by atoms with van der Waals surface area (Å²) in [4.78, 5) is 12.9. The number of anilines is 1. The van der Waals surface area contributed by atoms with Gasteiger partial charge in [0.05, 0.1) is 25.1 Å². The minimum atomic E-state index is -3.67. The summed E-state index contributed by atoms with van der Waals surface area (Å²) in [6, 6.07) is 12.2. The molecule has 0 saturated heterocycles. The largest absolute Gasteiger partial charge is 0.497 e. The first kappa shape index (κ1) is 24.0. The van der Waals surface area contributed by atoms with Gasteiger partial charge in [0.1, 0.15) is 12.3 Å². The lowest BCUT2D eigenvalue weighted by Crippen LogP contribution is -2.42. The summed E-state index contributed by atoms with van der Waals surface area (Å²) < 4.78 is 31.1. The van der Waals surface area contributed by atoms with Crippen molar-refractivity contribution in [2.24, 2.45) is 5.92 Å². The fourth-order valence-corrected chi connectivity index (χ4v) is 4.38. The molecule has 2 aromatic carbocycles. The first-order valence-electron chi connectivity index (χ1n) is 9.68. The number of ether oxygens (including phenoxy) is 1. The number of amides is 1. The van der Waals surface area contributed by atoms with E-state index in [9.17, 15) is 13.2 Å². The van der Waals surface area contributed by atoms with Gasteiger partial charge >= 0.3 is 0 Å². The molecule has 164 valence electrons. The van der Waals surface area contributed by atoms with Gasteiger partial charge in [0.2, 0.25) is 15.9 Å². The highest BCUT2D eigenvalue weighted by atomic mass is 35.5. The number of aryl methyl sites for hydroxylation is 1. The van der Waals surface area contributed by atoms with E-state index >= 15 is 0 Å². The summed E-state index contributed by atoms with van der Waals surface area (Å²) in [5.74, 6) is 0.688. The lowest BCUT2D eigenvalue weighted by molar-refractivity contribution is -0.120. The maximum atomic E-state index is 12.9. The SMILES string of the molecule is COc1ccc([C@@H](CC(C)C)NC(=O)CN(c2ccc(Cl)cc2C)S(C)(=O)=O)cc1. The van der Waals surface area contributed by atoms with Crippen molar-refractivity contribution in [2.75, 3.05) is 24.2 Å². The van der Waals surface area contributed by atoms with Crippen LogP contribution in [0.15, 0.2) is 42.5 Å². The zero-order valence-corrected chi connectivity index (χ0v) is 19.5. The predicted molar refractivity (Wildman–Crippen MR) is 122 cm³/mol. The second-order valence-electron chi connectivity index (χ2n) is 7.72. The molecule has 0 aliphatic heterocycles. The van der Waals surface area contributed by atoms with Gasteiger partial charge in [0, 0.05) is 5.02 Å². The summed E-state index contributed by atoms with van der Waals surface area (Å²) in [7, 11) is -2.07. The van der Waals surface area contributed by atoms with Gasteiger partial charge in [-0.1, -0.05) is 37.6 Å². The molecule has 1 amide bonds. The summed E-state index contributed by atoms with van der Waals surface area (Å²) in [6.45, 7) is 5.59.